The number of phenolic OH excluding ortho intramolecular Hbond substituents is 2. The Morgan fingerprint density at radius 3 is 2.52 bits per heavy atom. The summed E-state index contributed by atoms with van der Waals surface area (Å²) in [7, 11) is 4.35. The third-order valence-electron chi connectivity index (χ3n) is 9.00. The minimum absolute atomic E-state index is 0.0163. The second-order valence-corrected chi connectivity index (χ2v) is 13.0. The zero-order valence-corrected chi connectivity index (χ0v) is 25.2. The van der Waals surface area contributed by atoms with Gasteiger partial charge in [-0.25, -0.2) is 4.99 Å². The van der Waals surface area contributed by atoms with E-state index in [0.29, 0.717) is 6.04 Å². The fourth-order valence-electron chi connectivity index (χ4n) is 6.68. The molecule has 4 aliphatic rings. The van der Waals surface area contributed by atoms with E-state index in [1.54, 1.807) is 17.4 Å². The summed E-state index contributed by atoms with van der Waals surface area (Å²) in [6.45, 7) is 7.48. The maximum atomic E-state index is 10.3. The number of hydrogen-bond acceptors (Lipinski definition) is 8. The summed E-state index contributed by atoms with van der Waals surface area (Å²) in [6, 6.07) is 20.8. The van der Waals surface area contributed by atoms with Crippen LogP contribution in [0.15, 0.2) is 65.7 Å². The van der Waals surface area contributed by atoms with E-state index in [2.05, 4.69) is 89.6 Å². The molecule has 0 amide bonds. The molecule has 0 saturated carbocycles. The normalized spacial score (nSPS) is 19.2. The van der Waals surface area contributed by atoms with Gasteiger partial charge in [-0.05, 0) is 80.4 Å². The first-order valence-electron chi connectivity index (χ1n) is 14.7. The molecule has 4 aromatic rings. The van der Waals surface area contributed by atoms with Crippen molar-refractivity contribution >= 4 is 33.5 Å². The van der Waals surface area contributed by atoms with Crippen molar-refractivity contribution in [1.29, 1.82) is 0 Å². The van der Waals surface area contributed by atoms with E-state index in [1.165, 1.54) is 26.6 Å². The molecule has 8 heteroatoms. The Morgan fingerprint density at radius 2 is 1.69 bits per heavy atom. The summed E-state index contributed by atoms with van der Waals surface area (Å²) in [6.07, 6.45) is 1.94. The van der Waals surface area contributed by atoms with Crippen molar-refractivity contribution in [1.82, 2.24) is 14.7 Å². The van der Waals surface area contributed by atoms with Crippen LogP contribution in [0.1, 0.15) is 33.2 Å². The number of anilines is 2. The lowest BCUT2D eigenvalue weighted by molar-refractivity contribution is 0.216. The Labute approximate surface area is 251 Å². The van der Waals surface area contributed by atoms with Crippen LogP contribution in [0.3, 0.4) is 0 Å². The number of phenols is 2. The number of nitrogens with one attached hydrogen (secondary N) is 1. The molecule has 0 unspecified atom stereocenters. The third kappa shape index (κ3) is 4.73. The number of piperazine rings is 1. The van der Waals surface area contributed by atoms with Crippen LogP contribution in [0, 0.1) is 6.92 Å². The monoisotopic (exact) mass is 579 g/mol. The third-order valence-corrected chi connectivity index (χ3v) is 9.96. The van der Waals surface area contributed by atoms with Crippen molar-refractivity contribution in [3.63, 3.8) is 0 Å². The topological polar surface area (TPSA) is 74.6 Å². The maximum Gasteiger partial charge on any atom is 0.165 e. The van der Waals surface area contributed by atoms with E-state index in [1.807, 2.05) is 6.07 Å². The smallest absolute Gasteiger partial charge is 0.165 e. The zero-order valence-electron chi connectivity index (χ0n) is 24.4. The maximum absolute atomic E-state index is 10.3. The van der Waals surface area contributed by atoms with Gasteiger partial charge in [0.05, 0.1) is 16.9 Å². The van der Waals surface area contributed by atoms with Crippen LogP contribution >= 0.6 is 11.3 Å². The Kier molecular flexibility index (Phi) is 6.92. The van der Waals surface area contributed by atoms with Gasteiger partial charge in [0.2, 0.25) is 0 Å². The van der Waals surface area contributed by atoms with Gasteiger partial charge in [0, 0.05) is 49.2 Å². The second kappa shape index (κ2) is 10.8. The van der Waals surface area contributed by atoms with Crippen LogP contribution in [-0.2, 0) is 12.8 Å². The fourth-order valence-corrected chi connectivity index (χ4v) is 7.60. The summed E-state index contributed by atoms with van der Waals surface area (Å²) in [5.41, 5.74) is 9.06. The van der Waals surface area contributed by atoms with E-state index >= 15 is 0 Å². The van der Waals surface area contributed by atoms with Crippen molar-refractivity contribution in [2.24, 2.45) is 4.99 Å². The Hall–Kier alpha value is -3.85. The predicted molar refractivity (Wildman–Crippen MR) is 172 cm³/mol. The van der Waals surface area contributed by atoms with E-state index in [9.17, 15) is 10.2 Å². The molecule has 0 bridgehead atoms. The Balaban J connectivity index is 0.000000138. The average Bonchev–Trinajstić information content (AvgIpc) is 3.29. The number of likely N-dealkylation sites (N-methyl/N-ethyl adjacent to an activating group) is 2. The molecule has 4 heterocycles. The van der Waals surface area contributed by atoms with Gasteiger partial charge in [-0.1, -0.05) is 36.4 Å². The second-order valence-electron chi connectivity index (χ2n) is 11.8. The van der Waals surface area contributed by atoms with Gasteiger partial charge in [0.1, 0.15) is 10.8 Å². The highest BCUT2D eigenvalue weighted by Crippen LogP contribution is 2.50. The van der Waals surface area contributed by atoms with Crippen LogP contribution in [0.5, 0.6) is 11.5 Å². The highest BCUT2D eigenvalue weighted by Gasteiger charge is 2.34. The molecule has 3 aliphatic heterocycles. The first kappa shape index (κ1) is 27.0. The standard InChI is InChI=1S/C17H20N4S.C17H17NO2/c1-12-11-13-16(21-9-7-20(2)8-10-21)18-14-5-3-4-6-15(14)19-17(13)22-12;1-18-8-7-10-3-2-4-12-15(10)13(18)9-11-5-6-14(19)17(20)16(11)12/h3-6,11,19H,7-10H2,1-2H3;2-6,13,19-20H,7-9H2,1H3/t;13-/m.1/s1. The van der Waals surface area contributed by atoms with Crippen molar-refractivity contribution in [3.8, 4) is 22.6 Å². The molecular formula is C34H37N5O2S. The Morgan fingerprint density at radius 1 is 0.881 bits per heavy atom. The number of aromatic hydroxyl groups is 2. The van der Waals surface area contributed by atoms with Crippen molar-refractivity contribution in [2.75, 3.05) is 52.1 Å². The number of nitrogens with zero attached hydrogens (tertiary/aromatic N) is 4. The number of benzene rings is 3. The van der Waals surface area contributed by atoms with E-state index in [-0.39, 0.29) is 11.5 Å². The number of hydrogen-bond donors (Lipinski definition) is 3. The quantitative estimate of drug-likeness (QED) is 0.213. The molecule has 3 aromatic carbocycles. The molecule has 1 saturated heterocycles. The van der Waals surface area contributed by atoms with Crippen molar-refractivity contribution in [3.05, 3.63) is 87.8 Å². The van der Waals surface area contributed by atoms with Gasteiger partial charge in [0.25, 0.3) is 0 Å². The van der Waals surface area contributed by atoms with Crippen LogP contribution < -0.4 is 5.32 Å². The summed E-state index contributed by atoms with van der Waals surface area (Å²) in [4.78, 5) is 13.5. The minimum Gasteiger partial charge on any atom is -0.504 e. The van der Waals surface area contributed by atoms with E-state index in [4.69, 9.17) is 4.99 Å². The lowest BCUT2D eigenvalue weighted by atomic mass is 9.77. The molecule has 1 aliphatic carbocycles. The summed E-state index contributed by atoms with van der Waals surface area (Å²) >= 11 is 1.81. The number of aliphatic imine (C=N–C) groups is 1. The molecule has 42 heavy (non-hydrogen) atoms. The largest absolute Gasteiger partial charge is 0.504 e. The van der Waals surface area contributed by atoms with Gasteiger partial charge >= 0.3 is 0 Å². The molecule has 0 radical (unpaired) electrons. The van der Waals surface area contributed by atoms with Gasteiger partial charge < -0.3 is 25.3 Å². The molecule has 3 N–H and O–H groups in total. The lowest BCUT2D eigenvalue weighted by Crippen LogP contribution is -2.47. The average molecular weight is 580 g/mol. The van der Waals surface area contributed by atoms with Gasteiger partial charge in [-0.2, -0.15) is 0 Å². The molecule has 216 valence electrons. The lowest BCUT2D eigenvalue weighted by Gasteiger charge is -2.39. The van der Waals surface area contributed by atoms with Crippen molar-refractivity contribution < 1.29 is 10.2 Å². The SMILES string of the molecule is CN1CCc2cccc3c2[C@H]1Cc1ccc(O)c(O)c1-3.Cc1cc2c(s1)Nc1ccccc1N=C2N1CCN(C)CC1. The van der Waals surface area contributed by atoms with Crippen LogP contribution in [0.25, 0.3) is 11.1 Å². The van der Waals surface area contributed by atoms with Crippen molar-refractivity contribution in [2.45, 2.75) is 25.8 Å². The number of aryl methyl sites for hydroxylation is 1. The number of para-hydroxylation sites is 2. The highest BCUT2D eigenvalue weighted by molar-refractivity contribution is 7.16. The zero-order chi connectivity index (χ0) is 29.0. The Bertz CT molecular complexity index is 1690. The van der Waals surface area contributed by atoms with Crippen LogP contribution in [0.2, 0.25) is 0 Å². The molecule has 1 aromatic heterocycles. The van der Waals surface area contributed by atoms with Crippen LogP contribution in [0.4, 0.5) is 16.4 Å². The number of fused-ring (bicyclic) bond motifs is 4. The number of amidine groups is 1. The molecule has 8 rings (SSSR count). The summed E-state index contributed by atoms with van der Waals surface area (Å²) in [5, 5.41) is 24.8. The highest BCUT2D eigenvalue weighted by atomic mass is 32.1. The summed E-state index contributed by atoms with van der Waals surface area (Å²) < 4.78 is 0. The molecule has 0 spiro atoms. The first-order chi connectivity index (χ1) is 20.4. The fraction of sp³-hybridized carbons (Fsp3) is 0.324. The predicted octanol–water partition coefficient (Wildman–Crippen LogP) is 6.29. The molecule has 1 atom stereocenters. The summed E-state index contributed by atoms with van der Waals surface area (Å²) in [5.74, 6) is 1.09. The van der Waals surface area contributed by atoms with E-state index in [0.717, 1.165) is 79.5 Å². The molecule has 1 fully saturated rings. The first-order valence-corrected chi connectivity index (χ1v) is 15.5. The number of thiophene rings is 1. The van der Waals surface area contributed by atoms with Crippen LogP contribution in [-0.4, -0.2) is 77.6 Å². The molecule has 7 nitrogen and oxygen atoms in total. The van der Waals surface area contributed by atoms with E-state index < -0.39 is 0 Å². The van der Waals surface area contributed by atoms with Gasteiger partial charge in [-0.15, -0.1) is 11.3 Å². The number of rotatable bonds is 0. The van der Waals surface area contributed by atoms with Gasteiger partial charge in [-0.3, -0.25) is 4.90 Å². The molecular weight excluding hydrogens is 542 g/mol. The minimum atomic E-state index is -0.0380. The van der Waals surface area contributed by atoms with Gasteiger partial charge in [0.15, 0.2) is 11.5 Å².